The Labute approximate surface area is 153 Å². The number of hydrogen-bond acceptors (Lipinski definition) is 6. The summed E-state index contributed by atoms with van der Waals surface area (Å²) in [5.74, 6) is 0.544. The molecule has 0 bridgehead atoms. The first-order chi connectivity index (χ1) is 12.6. The Morgan fingerprint density at radius 3 is 2.85 bits per heavy atom. The van der Waals surface area contributed by atoms with Crippen molar-refractivity contribution in [3.8, 4) is 16.9 Å². The number of fused-ring (bicyclic) bond motifs is 1. The van der Waals surface area contributed by atoms with E-state index in [-0.39, 0.29) is 12.4 Å². The van der Waals surface area contributed by atoms with E-state index in [1.54, 1.807) is 41.3 Å². The molecule has 0 fully saturated rings. The molecule has 130 valence electrons. The standard InChI is InChI=1S/C18H14ClN5O2/c19-16-3-2-14(26)6-15(16)12-1-4-17-22-18(23-24(17)9-12)21-13-5-11(10-25)7-20-8-13/h1-9,25-26H,10H2,(H,21,23). The molecule has 0 radical (unpaired) electrons. The van der Waals surface area contributed by atoms with Crippen molar-refractivity contribution in [3.63, 3.8) is 0 Å². The lowest BCUT2D eigenvalue weighted by Crippen LogP contribution is -1.95. The van der Waals surface area contributed by atoms with Crippen LogP contribution in [-0.4, -0.2) is 29.8 Å². The fraction of sp³-hybridized carbons (Fsp3) is 0.0556. The molecular weight excluding hydrogens is 354 g/mol. The van der Waals surface area contributed by atoms with E-state index < -0.39 is 0 Å². The largest absolute Gasteiger partial charge is 0.508 e. The normalized spacial score (nSPS) is 11.0. The van der Waals surface area contributed by atoms with Gasteiger partial charge in [0.25, 0.3) is 0 Å². The lowest BCUT2D eigenvalue weighted by atomic mass is 10.1. The van der Waals surface area contributed by atoms with Gasteiger partial charge >= 0.3 is 0 Å². The highest BCUT2D eigenvalue weighted by molar-refractivity contribution is 6.33. The second-order valence-corrected chi connectivity index (χ2v) is 6.09. The predicted octanol–water partition coefficient (Wildman–Crippen LogP) is 3.39. The van der Waals surface area contributed by atoms with Crippen molar-refractivity contribution in [2.75, 3.05) is 5.32 Å². The van der Waals surface area contributed by atoms with Crippen LogP contribution in [0.3, 0.4) is 0 Å². The van der Waals surface area contributed by atoms with Gasteiger partial charge in [-0.3, -0.25) is 4.98 Å². The number of rotatable bonds is 4. The number of hydrogen-bond donors (Lipinski definition) is 3. The van der Waals surface area contributed by atoms with E-state index in [0.717, 1.165) is 5.56 Å². The number of aliphatic hydroxyl groups is 1. The maximum absolute atomic E-state index is 9.70. The molecule has 0 atom stereocenters. The Morgan fingerprint density at radius 2 is 2.00 bits per heavy atom. The van der Waals surface area contributed by atoms with Gasteiger partial charge < -0.3 is 15.5 Å². The van der Waals surface area contributed by atoms with Crippen molar-refractivity contribution in [2.45, 2.75) is 6.61 Å². The van der Waals surface area contributed by atoms with E-state index in [1.807, 2.05) is 12.1 Å². The maximum Gasteiger partial charge on any atom is 0.247 e. The SMILES string of the molecule is OCc1cncc(Nc2nc3ccc(-c4cc(O)ccc4Cl)cn3n2)c1. The molecule has 8 heteroatoms. The molecular formula is C18H14ClN5O2. The zero-order chi connectivity index (χ0) is 18.1. The third-order valence-corrected chi connectivity index (χ3v) is 4.16. The molecule has 26 heavy (non-hydrogen) atoms. The van der Waals surface area contributed by atoms with Crippen LogP contribution in [0.5, 0.6) is 5.75 Å². The van der Waals surface area contributed by atoms with Gasteiger partial charge in [0.2, 0.25) is 5.95 Å². The number of pyridine rings is 2. The van der Waals surface area contributed by atoms with Gasteiger partial charge in [-0.25, -0.2) is 4.52 Å². The summed E-state index contributed by atoms with van der Waals surface area (Å²) < 4.78 is 1.63. The van der Waals surface area contributed by atoms with Gasteiger partial charge in [0, 0.05) is 28.5 Å². The van der Waals surface area contributed by atoms with E-state index >= 15 is 0 Å². The Bertz CT molecular complexity index is 1100. The number of nitrogens with zero attached hydrogens (tertiary/aromatic N) is 4. The van der Waals surface area contributed by atoms with Crippen molar-refractivity contribution < 1.29 is 10.2 Å². The quantitative estimate of drug-likeness (QED) is 0.511. The predicted molar refractivity (Wildman–Crippen MR) is 98.5 cm³/mol. The third kappa shape index (κ3) is 3.17. The molecule has 3 heterocycles. The summed E-state index contributed by atoms with van der Waals surface area (Å²) in [6, 6.07) is 10.2. The number of aliphatic hydroxyl groups excluding tert-OH is 1. The minimum absolute atomic E-state index is 0.0881. The Kier molecular flexibility index (Phi) is 4.16. The fourth-order valence-electron chi connectivity index (χ4n) is 2.60. The summed E-state index contributed by atoms with van der Waals surface area (Å²) in [7, 11) is 0. The van der Waals surface area contributed by atoms with Crippen molar-refractivity contribution in [3.05, 3.63) is 65.6 Å². The van der Waals surface area contributed by atoms with Crippen molar-refractivity contribution in [2.24, 2.45) is 0 Å². The van der Waals surface area contributed by atoms with Gasteiger partial charge in [-0.1, -0.05) is 11.6 Å². The van der Waals surface area contributed by atoms with Crippen LogP contribution < -0.4 is 5.32 Å². The summed E-state index contributed by atoms with van der Waals surface area (Å²) in [6.45, 7) is -0.0881. The Balaban J connectivity index is 1.68. The topological polar surface area (TPSA) is 95.6 Å². The van der Waals surface area contributed by atoms with Crippen LogP contribution in [0, 0.1) is 0 Å². The molecule has 4 rings (SSSR count). The molecule has 7 nitrogen and oxygen atoms in total. The molecule has 0 spiro atoms. The van der Waals surface area contributed by atoms with Gasteiger partial charge in [-0.2, -0.15) is 4.98 Å². The van der Waals surface area contributed by atoms with E-state index in [9.17, 15) is 10.2 Å². The van der Waals surface area contributed by atoms with Gasteiger partial charge in [0.15, 0.2) is 5.65 Å². The lowest BCUT2D eigenvalue weighted by Gasteiger charge is -2.05. The van der Waals surface area contributed by atoms with Crippen molar-refractivity contribution >= 4 is 28.9 Å². The van der Waals surface area contributed by atoms with Crippen LogP contribution in [0.2, 0.25) is 5.02 Å². The molecule has 0 saturated carbocycles. The lowest BCUT2D eigenvalue weighted by molar-refractivity contribution is 0.281. The number of halogens is 1. The van der Waals surface area contributed by atoms with Crippen LogP contribution in [-0.2, 0) is 6.61 Å². The number of phenols is 1. The number of anilines is 2. The van der Waals surface area contributed by atoms with Gasteiger partial charge in [-0.05, 0) is 42.0 Å². The minimum Gasteiger partial charge on any atom is -0.508 e. The molecule has 0 saturated heterocycles. The highest BCUT2D eigenvalue weighted by Gasteiger charge is 2.09. The van der Waals surface area contributed by atoms with Crippen LogP contribution in [0.1, 0.15) is 5.56 Å². The second kappa shape index (κ2) is 6.62. The average Bonchev–Trinajstić information content (AvgIpc) is 3.05. The van der Waals surface area contributed by atoms with E-state index in [0.29, 0.717) is 33.4 Å². The zero-order valence-electron chi connectivity index (χ0n) is 13.5. The number of benzene rings is 1. The van der Waals surface area contributed by atoms with Crippen LogP contribution >= 0.6 is 11.6 Å². The molecule has 4 aromatic rings. The van der Waals surface area contributed by atoms with E-state index in [4.69, 9.17) is 11.6 Å². The summed E-state index contributed by atoms with van der Waals surface area (Å²) in [6.07, 6.45) is 5.01. The Morgan fingerprint density at radius 1 is 1.12 bits per heavy atom. The Hall–Kier alpha value is -3.16. The maximum atomic E-state index is 9.70. The monoisotopic (exact) mass is 367 g/mol. The molecule has 0 unspecified atom stereocenters. The molecule has 0 aliphatic heterocycles. The number of aromatic nitrogens is 4. The van der Waals surface area contributed by atoms with Gasteiger partial charge in [-0.15, -0.1) is 5.10 Å². The highest BCUT2D eigenvalue weighted by atomic mass is 35.5. The molecule has 0 amide bonds. The first kappa shape index (κ1) is 16.3. The summed E-state index contributed by atoms with van der Waals surface area (Å²) in [5.41, 5.74) is 3.54. The van der Waals surface area contributed by atoms with Crippen molar-refractivity contribution in [1.82, 2.24) is 19.6 Å². The average molecular weight is 368 g/mol. The number of aromatic hydroxyl groups is 1. The first-order valence-electron chi connectivity index (χ1n) is 7.79. The fourth-order valence-corrected chi connectivity index (χ4v) is 2.83. The minimum atomic E-state index is -0.0881. The molecule has 3 aromatic heterocycles. The molecule has 3 N–H and O–H groups in total. The second-order valence-electron chi connectivity index (χ2n) is 5.69. The zero-order valence-corrected chi connectivity index (χ0v) is 14.2. The smallest absolute Gasteiger partial charge is 0.247 e. The molecule has 1 aromatic carbocycles. The molecule has 0 aliphatic carbocycles. The van der Waals surface area contributed by atoms with E-state index in [1.165, 1.54) is 6.07 Å². The highest BCUT2D eigenvalue weighted by Crippen LogP contribution is 2.31. The summed E-state index contributed by atoms with van der Waals surface area (Å²) >= 11 is 6.23. The third-order valence-electron chi connectivity index (χ3n) is 3.83. The van der Waals surface area contributed by atoms with Crippen LogP contribution in [0.4, 0.5) is 11.6 Å². The summed E-state index contributed by atoms with van der Waals surface area (Å²) in [4.78, 5) is 8.46. The van der Waals surface area contributed by atoms with Gasteiger partial charge in [0.05, 0.1) is 18.5 Å². The summed E-state index contributed by atoms with van der Waals surface area (Å²) in [5, 5.41) is 26.9. The van der Waals surface area contributed by atoms with Crippen LogP contribution in [0.15, 0.2) is 55.0 Å². The van der Waals surface area contributed by atoms with Crippen molar-refractivity contribution in [1.29, 1.82) is 0 Å². The van der Waals surface area contributed by atoms with Gasteiger partial charge in [0.1, 0.15) is 5.75 Å². The molecule has 0 aliphatic rings. The first-order valence-corrected chi connectivity index (χ1v) is 8.17. The van der Waals surface area contributed by atoms with E-state index in [2.05, 4.69) is 20.4 Å². The van der Waals surface area contributed by atoms with Crippen LogP contribution in [0.25, 0.3) is 16.8 Å². The number of phenolic OH excluding ortho intramolecular Hbond substituents is 1. The number of nitrogens with one attached hydrogen (secondary N) is 1.